The van der Waals surface area contributed by atoms with Crippen LogP contribution in [0.25, 0.3) is 0 Å². The summed E-state index contributed by atoms with van der Waals surface area (Å²) in [5.41, 5.74) is -0.432. The number of ether oxygens (including phenoxy) is 2. The van der Waals surface area contributed by atoms with Gasteiger partial charge in [-0.15, -0.1) is 0 Å². The van der Waals surface area contributed by atoms with Gasteiger partial charge in [-0.3, -0.25) is 4.79 Å². The Bertz CT molecular complexity index is 198. The van der Waals surface area contributed by atoms with Gasteiger partial charge in [0.05, 0.1) is 12.5 Å². The van der Waals surface area contributed by atoms with E-state index in [0.29, 0.717) is 0 Å². The minimum absolute atomic E-state index is 0.127. The highest BCUT2D eigenvalue weighted by atomic mass is 16.6. The van der Waals surface area contributed by atoms with Crippen molar-refractivity contribution in [2.45, 2.75) is 51.9 Å². The predicted molar refractivity (Wildman–Crippen MR) is 59.8 cm³/mol. The van der Waals surface area contributed by atoms with Gasteiger partial charge in [-0.2, -0.15) is 0 Å². The summed E-state index contributed by atoms with van der Waals surface area (Å²) in [5.74, 6) is -0.226. The third kappa shape index (κ3) is 6.47. The molecule has 15 heavy (non-hydrogen) atoms. The fourth-order valence-electron chi connectivity index (χ4n) is 1.20. The molecular weight excluding hydrogens is 194 g/mol. The van der Waals surface area contributed by atoms with E-state index in [9.17, 15) is 4.79 Å². The van der Waals surface area contributed by atoms with Crippen molar-refractivity contribution in [1.29, 1.82) is 0 Å². The van der Waals surface area contributed by atoms with Crippen LogP contribution in [0.5, 0.6) is 0 Å². The number of carbonyl (C=O) groups is 1. The number of nitrogens with one attached hydrogen (secondary N) is 1. The van der Waals surface area contributed by atoms with Crippen molar-refractivity contribution in [2.24, 2.45) is 0 Å². The van der Waals surface area contributed by atoms with Gasteiger partial charge in [0.2, 0.25) is 0 Å². The third-order valence-corrected chi connectivity index (χ3v) is 2.10. The molecular formula is C11H23NO3. The topological polar surface area (TPSA) is 47.6 Å². The van der Waals surface area contributed by atoms with Gasteiger partial charge in [0, 0.05) is 13.2 Å². The molecule has 90 valence electrons. The van der Waals surface area contributed by atoms with Gasteiger partial charge < -0.3 is 14.8 Å². The first kappa shape index (κ1) is 14.4. The highest BCUT2D eigenvalue weighted by molar-refractivity contribution is 5.70. The quantitative estimate of drug-likeness (QED) is 0.706. The average molecular weight is 217 g/mol. The molecule has 0 spiro atoms. The average Bonchev–Trinajstić information content (AvgIpc) is 2.10. The Balaban J connectivity index is 4.13. The van der Waals surface area contributed by atoms with Crippen LogP contribution in [0.2, 0.25) is 0 Å². The Kier molecular flexibility index (Phi) is 5.83. The molecule has 0 radical (unpaired) electrons. The second-order valence-corrected chi connectivity index (χ2v) is 4.64. The molecule has 1 N–H and O–H groups in total. The molecule has 0 saturated heterocycles. The van der Waals surface area contributed by atoms with E-state index in [2.05, 4.69) is 5.32 Å². The van der Waals surface area contributed by atoms with Crippen LogP contribution in [0.3, 0.4) is 0 Å². The number of esters is 1. The largest absolute Gasteiger partial charge is 0.460 e. The number of hydrogen-bond donors (Lipinski definition) is 1. The Hall–Kier alpha value is -0.610. The molecule has 4 nitrogen and oxygen atoms in total. The Morgan fingerprint density at radius 1 is 1.40 bits per heavy atom. The molecule has 0 saturated carbocycles. The van der Waals surface area contributed by atoms with Crippen molar-refractivity contribution in [3.8, 4) is 0 Å². The van der Waals surface area contributed by atoms with Crippen molar-refractivity contribution in [2.75, 3.05) is 14.2 Å². The van der Waals surface area contributed by atoms with Crippen LogP contribution in [0, 0.1) is 0 Å². The normalized spacial score (nSPS) is 15.9. The SMILES string of the molecule is CNC(C)[C@@H](CC(=O)OC(C)(C)C)OC. The number of rotatable bonds is 5. The summed E-state index contributed by atoms with van der Waals surface area (Å²) < 4.78 is 10.4. The molecule has 0 amide bonds. The van der Waals surface area contributed by atoms with Crippen molar-refractivity contribution in [3.05, 3.63) is 0 Å². The van der Waals surface area contributed by atoms with Crippen LogP contribution in [-0.4, -0.2) is 37.9 Å². The van der Waals surface area contributed by atoms with E-state index in [1.165, 1.54) is 0 Å². The Labute approximate surface area is 92.3 Å². The van der Waals surface area contributed by atoms with E-state index in [4.69, 9.17) is 9.47 Å². The molecule has 0 aromatic rings. The second kappa shape index (κ2) is 6.08. The van der Waals surface area contributed by atoms with Crippen molar-refractivity contribution < 1.29 is 14.3 Å². The van der Waals surface area contributed by atoms with E-state index < -0.39 is 5.60 Å². The lowest BCUT2D eigenvalue weighted by Gasteiger charge is -2.24. The Morgan fingerprint density at radius 2 is 1.93 bits per heavy atom. The molecule has 0 aromatic heterocycles. The second-order valence-electron chi connectivity index (χ2n) is 4.64. The van der Waals surface area contributed by atoms with Gasteiger partial charge >= 0.3 is 5.97 Å². The van der Waals surface area contributed by atoms with E-state index in [1.54, 1.807) is 7.11 Å². The monoisotopic (exact) mass is 217 g/mol. The van der Waals surface area contributed by atoms with E-state index in [-0.39, 0.29) is 24.5 Å². The molecule has 1 unspecified atom stereocenters. The van der Waals surface area contributed by atoms with Crippen molar-refractivity contribution >= 4 is 5.97 Å². The maximum atomic E-state index is 11.5. The van der Waals surface area contributed by atoms with E-state index in [0.717, 1.165) is 0 Å². The lowest BCUT2D eigenvalue weighted by atomic mass is 10.1. The number of likely N-dealkylation sites (N-methyl/N-ethyl adjacent to an activating group) is 1. The van der Waals surface area contributed by atoms with Crippen LogP contribution in [0.1, 0.15) is 34.1 Å². The van der Waals surface area contributed by atoms with E-state index >= 15 is 0 Å². The van der Waals surface area contributed by atoms with Gasteiger partial charge in [-0.1, -0.05) is 0 Å². The summed E-state index contributed by atoms with van der Waals surface area (Å²) in [5, 5.41) is 3.05. The van der Waals surface area contributed by atoms with Gasteiger partial charge in [0.15, 0.2) is 0 Å². The summed E-state index contributed by atoms with van der Waals surface area (Å²) in [6.07, 6.45) is 0.125. The molecule has 0 aromatic carbocycles. The highest BCUT2D eigenvalue weighted by Crippen LogP contribution is 2.11. The maximum absolute atomic E-state index is 11.5. The van der Waals surface area contributed by atoms with Crippen LogP contribution < -0.4 is 5.32 Å². The molecule has 0 heterocycles. The maximum Gasteiger partial charge on any atom is 0.309 e. The van der Waals surface area contributed by atoms with Crippen LogP contribution >= 0.6 is 0 Å². The first-order valence-corrected chi connectivity index (χ1v) is 5.22. The van der Waals surface area contributed by atoms with Crippen LogP contribution in [0.4, 0.5) is 0 Å². The summed E-state index contributed by atoms with van der Waals surface area (Å²) in [6, 6.07) is 0.127. The molecule has 4 heteroatoms. The van der Waals surface area contributed by atoms with Crippen LogP contribution in [-0.2, 0) is 14.3 Å². The standard InChI is InChI=1S/C11H23NO3/c1-8(12-5)9(14-6)7-10(13)15-11(2,3)4/h8-9,12H,7H2,1-6H3/t8?,9-/m1/s1. The lowest BCUT2D eigenvalue weighted by molar-refractivity contribution is -0.158. The van der Waals surface area contributed by atoms with Crippen molar-refractivity contribution in [3.63, 3.8) is 0 Å². The molecule has 0 aliphatic carbocycles. The number of carbonyl (C=O) groups excluding carboxylic acids is 1. The minimum atomic E-state index is -0.432. The first-order valence-electron chi connectivity index (χ1n) is 5.22. The molecule has 0 rings (SSSR count). The molecule has 0 aliphatic rings. The van der Waals surface area contributed by atoms with Gasteiger partial charge in [0.25, 0.3) is 0 Å². The van der Waals surface area contributed by atoms with Gasteiger partial charge in [-0.25, -0.2) is 0 Å². The highest BCUT2D eigenvalue weighted by Gasteiger charge is 2.23. The zero-order chi connectivity index (χ0) is 12.1. The fourth-order valence-corrected chi connectivity index (χ4v) is 1.20. The molecule has 0 aliphatic heterocycles. The first-order chi connectivity index (χ1) is 6.80. The number of hydrogen-bond acceptors (Lipinski definition) is 4. The fraction of sp³-hybridized carbons (Fsp3) is 0.909. The van der Waals surface area contributed by atoms with E-state index in [1.807, 2.05) is 34.7 Å². The molecule has 2 atom stereocenters. The lowest BCUT2D eigenvalue weighted by Crippen LogP contribution is -2.39. The van der Waals surface area contributed by atoms with Gasteiger partial charge in [-0.05, 0) is 34.7 Å². The smallest absolute Gasteiger partial charge is 0.309 e. The summed E-state index contributed by atoms with van der Waals surface area (Å²) in [7, 11) is 3.44. The zero-order valence-electron chi connectivity index (χ0n) is 10.6. The zero-order valence-corrected chi connectivity index (χ0v) is 10.6. The summed E-state index contributed by atoms with van der Waals surface area (Å²) >= 11 is 0. The van der Waals surface area contributed by atoms with Gasteiger partial charge in [0.1, 0.15) is 5.60 Å². The third-order valence-electron chi connectivity index (χ3n) is 2.10. The number of methoxy groups -OCH3 is 1. The molecule has 0 bridgehead atoms. The van der Waals surface area contributed by atoms with Crippen LogP contribution in [0.15, 0.2) is 0 Å². The predicted octanol–water partition coefficient (Wildman–Crippen LogP) is 1.34. The molecule has 0 fully saturated rings. The van der Waals surface area contributed by atoms with Crippen molar-refractivity contribution in [1.82, 2.24) is 5.32 Å². The Morgan fingerprint density at radius 3 is 2.27 bits per heavy atom. The summed E-state index contributed by atoms with van der Waals surface area (Å²) in [4.78, 5) is 11.5. The summed E-state index contributed by atoms with van der Waals surface area (Å²) in [6.45, 7) is 7.54. The minimum Gasteiger partial charge on any atom is -0.460 e.